The average Bonchev–Trinajstić information content (AvgIpc) is 3.55. The van der Waals surface area contributed by atoms with E-state index in [0.717, 1.165) is 12.8 Å². The van der Waals surface area contributed by atoms with E-state index < -0.39 is 53.6 Å². The van der Waals surface area contributed by atoms with Gasteiger partial charge in [0.25, 0.3) is 0 Å². The van der Waals surface area contributed by atoms with Crippen LogP contribution in [0.1, 0.15) is 54.5 Å². The summed E-state index contributed by atoms with van der Waals surface area (Å²) in [5, 5.41) is 2.85. The summed E-state index contributed by atoms with van der Waals surface area (Å²) in [6.45, 7) is 0.679. The normalized spacial score (nSPS) is 21.7. The number of halogens is 9. The molecule has 0 aromatic heterocycles. The molecule has 1 amide bonds. The molecule has 1 saturated heterocycles. The van der Waals surface area contributed by atoms with E-state index in [0.29, 0.717) is 11.3 Å². The van der Waals surface area contributed by atoms with Crippen molar-refractivity contribution in [3.63, 3.8) is 0 Å². The molecule has 4 rings (SSSR count). The summed E-state index contributed by atoms with van der Waals surface area (Å²) in [5.41, 5.74) is -6.54. The van der Waals surface area contributed by atoms with Crippen LogP contribution < -0.4 is 10.2 Å². The highest BCUT2D eigenvalue weighted by Crippen LogP contribution is 2.50. The number of hydrogen-bond donors (Lipinski definition) is 1. The molecule has 1 N–H and O–H groups in total. The number of anilines is 1. The molecule has 1 aliphatic heterocycles. The number of rotatable bonds is 5. The molecule has 0 bridgehead atoms. The Kier molecular flexibility index (Phi) is 6.69. The van der Waals surface area contributed by atoms with Crippen molar-refractivity contribution >= 4 is 11.6 Å². The van der Waals surface area contributed by atoms with Gasteiger partial charge in [0.1, 0.15) is 5.41 Å². The first-order valence-electron chi connectivity index (χ1n) is 11.5. The first kappa shape index (κ1) is 27.1. The van der Waals surface area contributed by atoms with Gasteiger partial charge in [-0.05, 0) is 67.6 Å². The number of carbonyl (C=O) groups is 1. The number of alkyl halides is 9. The maximum Gasteiger partial charge on any atom is 0.416 e. The zero-order valence-corrected chi connectivity index (χ0v) is 19.5. The lowest BCUT2D eigenvalue weighted by Crippen LogP contribution is -2.45. The van der Waals surface area contributed by atoms with Gasteiger partial charge in [0.05, 0.1) is 17.2 Å². The summed E-state index contributed by atoms with van der Waals surface area (Å²) in [5.74, 6) is -0.0825. The largest absolute Gasteiger partial charge is 0.416 e. The van der Waals surface area contributed by atoms with Gasteiger partial charge in [-0.3, -0.25) is 4.79 Å². The molecular formula is C25H23F9N2O. The third-order valence-electron chi connectivity index (χ3n) is 7.02. The first-order valence-corrected chi connectivity index (χ1v) is 11.5. The molecule has 2 aromatic carbocycles. The average molecular weight is 538 g/mol. The van der Waals surface area contributed by atoms with Gasteiger partial charge < -0.3 is 10.2 Å². The molecule has 1 unspecified atom stereocenters. The molecule has 1 saturated carbocycles. The number of amides is 1. The van der Waals surface area contributed by atoms with Crippen molar-refractivity contribution in [2.75, 3.05) is 18.0 Å². The summed E-state index contributed by atoms with van der Waals surface area (Å²) in [6, 6.07) is 6.09. The third-order valence-corrected chi connectivity index (χ3v) is 7.02. The van der Waals surface area contributed by atoms with E-state index in [1.54, 1.807) is 19.1 Å². The van der Waals surface area contributed by atoms with Crippen molar-refractivity contribution in [2.24, 2.45) is 5.92 Å². The summed E-state index contributed by atoms with van der Waals surface area (Å²) >= 11 is 0. The zero-order chi connectivity index (χ0) is 27.4. The number of carbonyl (C=O) groups excluding carboxylic acids is 1. The molecule has 2 atom stereocenters. The van der Waals surface area contributed by atoms with Gasteiger partial charge in [-0.1, -0.05) is 12.1 Å². The van der Waals surface area contributed by atoms with Gasteiger partial charge in [-0.15, -0.1) is 0 Å². The number of benzene rings is 2. The predicted octanol–water partition coefficient (Wildman–Crippen LogP) is 7.02. The predicted molar refractivity (Wildman–Crippen MR) is 117 cm³/mol. The molecule has 12 heteroatoms. The molecular weight excluding hydrogens is 515 g/mol. The van der Waals surface area contributed by atoms with Crippen LogP contribution >= 0.6 is 0 Å². The molecule has 0 radical (unpaired) electrons. The van der Waals surface area contributed by atoms with Gasteiger partial charge in [0.2, 0.25) is 5.91 Å². The Morgan fingerprint density at radius 3 is 1.92 bits per heavy atom. The Bertz CT molecular complexity index is 1120. The fourth-order valence-electron chi connectivity index (χ4n) is 4.63. The molecule has 3 nitrogen and oxygen atoms in total. The van der Waals surface area contributed by atoms with Crippen LogP contribution in [0.5, 0.6) is 0 Å². The second kappa shape index (κ2) is 9.13. The minimum absolute atomic E-state index is 0.00414. The van der Waals surface area contributed by atoms with E-state index in [1.807, 2.05) is 0 Å². The minimum atomic E-state index is -5.26. The number of nitrogens with one attached hydrogen (secondary N) is 1. The van der Waals surface area contributed by atoms with Gasteiger partial charge in [-0.25, -0.2) is 0 Å². The van der Waals surface area contributed by atoms with Crippen molar-refractivity contribution in [2.45, 2.75) is 56.2 Å². The van der Waals surface area contributed by atoms with Crippen LogP contribution in [-0.2, 0) is 22.6 Å². The first-order chi connectivity index (χ1) is 17.0. The molecule has 2 aromatic rings. The summed E-state index contributed by atoms with van der Waals surface area (Å²) < 4.78 is 123. The molecule has 2 aliphatic rings. The van der Waals surface area contributed by atoms with Gasteiger partial charge >= 0.3 is 18.5 Å². The van der Waals surface area contributed by atoms with Crippen LogP contribution in [-0.4, -0.2) is 25.2 Å². The van der Waals surface area contributed by atoms with E-state index in [-0.39, 0.29) is 42.6 Å². The lowest BCUT2D eigenvalue weighted by molar-refractivity contribution is -0.185. The highest BCUT2D eigenvalue weighted by atomic mass is 19.4. The Hall–Kier alpha value is -2.92. The topological polar surface area (TPSA) is 32.3 Å². The van der Waals surface area contributed by atoms with Crippen molar-refractivity contribution in [3.05, 3.63) is 64.7 Å². The number of hydrogen-bond acceptors (Lipinski definition) is 2. The van der Waals surface area contributed by atoms with Gasteiger partial charge in [0, 0.05) is 24.7 Å². The zero-order valence-electron chi connectivity index (χ0n) is 19.5. The number of nitrogens with zero attached hydrogens (tertiary/aromatic N) is 1. The lowest BCUT2D eigenvalue weighted by Gasteiger charge is -2.33. The van der Waals surface area contributed by atoms with E-state index in [9.17, 15) is 44.3 Å². The van der Waals surface area contributed by atoms with E-state index >= 15 is 0 Å². The van der Waals surface area contributed by atoms with Crippen molar-refractivity contribution in [1.82, 2.24) is 5.32 Å². The second-order valence-electron chi connectivity index (χ2n) is 9.64. The standard InChI is InChI=1S/C25H23F9N2O/c1-14(35-21(37)16-2-3-16)15-4-6-20(7-5-15)36-9-8-22(13-36,25(32,33)34)17-10-18(23(26,27)28)12-19(11-17)24(29,30)31/h4-7,10-12,14,16H,2-3,8-9,13H2,1H3,(H,35,37)/t14-,22?/m0/s1. The van der Waals surface area contributed by atoms with Crippen molar-refractivity contribution in [3.8, 4) is 0 Å². The maximum atomic E-state index is 14.4. The quantitative estimate of drug-likeness (QED) is 0.415. The minimum Gasteiger partial charge on any atom is -0.370 e. The second-order valence-corrected chi connectivity index (χ2v) is 9.64. The van der Waals surface area contributed by atoms with Crippen LogP contribution in [0.25, 0.3) is 0 Å². The highest BCUT2D eigenvalue weighted by molar-refractivity contribution is 5.81. The highest BCUT2D eigenvalue weighted by Gasteiger charge is 2.60. The SMILES string of the molecule is C[C@H](NC(=O)C1CC1)c1ccc(N2CCC(c3cc(C(F)(F)F)cc(C(F)(F)F)c3)(C(F)(F)F)C2)cc1. The summed E-state index contributed by atoms with van der Waals surface area (Å²) in [6.07, 6.45) is -14.7. The van der Waals surface area contributed by atoms with Gasteiger partial charge in [0.15, 0.2) is 0 Å². The van der Waals surface area contributed by atoms with Crippen LogP contribution in [0.3, 0.4) is 0 Å². The van der Waals surface area contributed by atoms with Gasteiger partial charge in [-0.2, -0.15) is 39.5 Å². The van der Waals surface area contributed by atoms with Crippen LogP contribution in [0, 0.1) is 5.92 Å². The van der Waals surface area contributed by atoms with E-state index in [2.05, 4.69) is 5.32 Å². The fourth-order valence-corrected chi connectivity index (χ4v) is 4.63. The smallest absolute Gasteiger partial charge is 0.370 e. The molecule has 0 spiro atoms. The molecule has 37 heavy (non-hydrogen) atoms. The monoisotopic (exact) mass is 538 g/mol. The third kappa shape index (κ3) is 5.52. The molecule has 2 fully saturated rings. The Morgan fingerprint density at radius 1 is 0.919 bits per heavy atom. The molecule has 202 valence electrons. The summed E-state index contributed by atoms with van der Waals surface area (Å²) in [7, 11) is 0. The van der Waals surface area contributed by atoms with Crippen LogP contribution in [0.4, 0.5) is 45.2 Å². The molecule has 1 aliphatic carbocycles. The summed E-state index contributed by atoms with van der Waals surface area (Å²) in [4.78, 5) is 13.3. The Balaban J connectivity index is 1.64. The molecule has 1 heterocycles. The van der Waals surface area contributed by atoms with Crippen LogP contribution in [0.15, 0.2) is 42.5 Å². The van der Waals surface area contributed by atoms with Crippen molar-refractivity contribution < 1.29 is 44.3 Å². The Morgan fingerprint density at radius 2 is 1.46 bits per heavy atom. The van der Waals surface area contributed by atoms with E-state index in [1.165, 1.54) is 17.0 Å². The van der Waals surface area contributed by atoms with E-state index in [4.69, 9.17) is 0 Å². The maximum absolute atomic E-state index is 14.4. The fraction of sp³-hybridized carbons (Fsp3) is 0.480. The van der Waals surface area contributed by atoms with Crippen molar-refractivity contribution in [1.29, 1.82) is 0 Å². The lowest BCUT2D eigenvalue weighted by atomic mass is 9.77. The Labute approximate surface area is 206 Å². The van der Waals surface area contributed by atoms with Crippen LogP contribution in [0.2, 0.25) is 0 Å².